The molecule has 11 amide bonds. The summed E-state index contributed by atoms with van der Waals surface area (Å²) in [6.07, 6.45) is 13.4. The Morgan fingerprint density at radius 2 is 0.955 bits per heavy atom. The number of imidazole rings is 5. The SMILES string of the molecule is Cc1noc(C)c1-c1ccc2c(c1)nc(CCc1ccc(OCCOCCOCCOCCOCCNC(=O)CCNC(=O)c3nc(NC(=O)c4cc(NC(=O)CCNC(=O)c5nc(NC(=O)CCCNC(=O)c6cc(NC(=O)c7nc(NC(=O)CCNC(=O)c8cc(NC(=O)c9nccn9C)cn8C)cn7C)cn6C)cn5C)cn4C)cn3C)c(Cl)c1)n2C[C@H](C)N1CCOCC1. The minimum absolute atomic E-state index is 0.00474. The number of anilines is 6. The van der Waals surface area contributed by atoms with Gasteiger partial charge in [-0.05, 0) is 87.2 Å². The van der Waals surface area contributed by atoms with Crippen molar-refractivity contribution in [1.82, 2.24) is 98.1 Å². The first-order valence-electron chi connectivity index (χ1n) is 43.3. The maximum absolute atomic E-state index is 13.4. The van der Waals surface area contributed by atoms with Crippen molar-refractivity contribution in [3.8, 4) is 16.9 Å². The molecule has 0 bridgehead atoms. The highest BCUT2D eigenvalue weighted by atomic mass is 35.5. The van der Waals surface area contributed by atoms with E-state index in [2.05, 4.69) is 118 Å². The first-order valence-corrected chi connectivity index (χ1v) is 43.6. The van der Waals surface area contributed by atoms with Gasteiger partial charge >= 0.3 is 0 Å². The summed E-state index contributed by atoms with van der Waals surface area (Å²) in [6.45, 7) is 13.4. The third-order valence-corrected chi connectivity index (χ3v) is 21.7. The molecular formula is C88H111ClN26O18. The van der Waals surface area contributed by atoms with Crippen LogP contribution in [0.1, 0.15) is 136 Å². The number of benzene rings is 2. The summed E-state index contributed by atoms with van der Waals surface area (Å²) in [5, 5.41) is 34.2. The zero-order valence-corrected chi connectivity index (χ0v) is 76.5. The van der Waals surface area contributed by atoms with Crippen molar-refractivity contribution in [2.75, 3.05) is 150 Å². The molecule has 9 aromatic heterocycles. The van der Waals surface area contributed by atoms with E-state index in [0.717, 1.165) is 90.7 Å². The fraction of sp³-hybridized carbons (Fsp3) is 0.420. The number of aryl methyl sites for hydroxylation is 11. The average Bonchev–Trinajstić information content (AvgIpc) is 1.62. The molecule has 2 aromatic carbocycles. The summed E-state index contributed by atoms with van der Waals surface area (Å²) in [5.74, 6) is -2.95. The van der Waals surface area contributed by atoms with Gasteiger partial charge in [-0.1, -0.05) is 28.9 Å². The number of carbonyl (C=O) groups is 11. The predicted octanol–water partition coefficient (Wildman–Crippen LogP) is 5.22. The van der Waals surface area contributed by atoms with E-state index in [0.29, 0.717) is 75.4 Å². The first-order chi connectivity index (χ1) is 64.0. The van der Waals surface area contributed by atoms with Crippen LogP contribution in [-0.4, -0.2) is 261 Å². The largest absolute Gasteiger partial charge is 0.490 e. The van der Waals surface area contributed by atoms with E-state index in [4.69, 9.17) is 49.5 Å². The highest BCUT2D eigenvalue weighted by Crippen LogP contribution is 2.32. The highest BCUT2D eigenvalue weighted by molar-refractivity contribution is 6.32. The molecule has 708 valence electrons. The van der Waals surface area contributed by atoms with E-state index >= 15 is 0 Å². The van der Waals surface area contributed by atoms with Crippen molar-refractivity contribution >= 4 is 122 Å². The van der Waals surface area contributed by atoms with Gasteiger partial charge in [0.15, 0.2) is 23.3 Å². The lowest BCUT2D eigenvalue weighted by Crippen LogP contribution is -2.44. The number of hydrogen-bond donors (Lipinski definition) is 11. The van der Waals surface area contributed by atoms with Gasteiger partial charge in [-0.2, -0.15) is 0 Å². The Morgan fingerprint density at radius 3 is 1.50 bits per heavy atom. The molecule has 1 aliphatic rings. The normalized spacial score (nSPS) is 12.3. The van der Waals surface area contributed by atoms with Crippen LogP contribution >= 0.6 is 11.6 Å². The van der Waals surface area contributed by atoms with E-state index in [9.17, 15) is 52.7 Å². The molecule has 45 heteroatoms. The van der Waals surface area contributed by atoms with Crippen LogP contribution in [-0.2, 0) is 112 Å². The molecule has 11 aromatic rings. The molecule has 44 nitrogen and oxygen atoms in total. The van der Waals surface area contributed by atoms with Crippen LogP contribution in [0, 0.1) is 13.8 Å². The van der Waals surface area contributed by atoms with E-state index in [1.165, 1.54) is 82.8 Å². The summed E-state index contributed by atoms with van der Waals surface area (Å²) >= 11 is 6.74. The molecule has 0 aliphatic carbocycles. The number of amides is 11. The summed E-state index contributed by atoms with van der Waals surface area (Å²) in [6, 6.07) is 17.0. The molecule has 0 unspecified atom stereocenters. The summed E-state index contributed by atoms with van der Waals surface area (Å²) in [4.78, 5) is 167. The Balaban J connectivity index is 0.453. The molecule has 1 saturated heterocycles. The fourth-order valence-corrected chi connectivity index (χ4v) is 14.9. The topological polar surface area (TPSA) is 509 Å². The zero-order chi connectivity index (χ0) is 94.8. The Labute approximate surface area is 769 Å². The number of nitrogens with one attached hydrogen (secondary N) is 11. The standard InChI is InChI=1S/C88H111ClN26O18/c1-54(114-29-32-128-33-30-114)47-115-64-16-15-58(77-55(2)106-133-56(77)3)43-63(64)99-72(115)18-14-57-13-17-68(62(89)42-57)132-41-40-131-39-38-130-37-36-129-35-34-127-31-27-90-73(116)19-23-94-86(124)80-104-71(53-112(80)9)105-84(122)67-44-59(48-110(67)7)96-75(118)20-25-95-85(123)79-102-69(51-111(79)8)100-74(117)12-11-22-92-82(120)65-46-61(50-108(65)5)98-88(126)81-103-70(52-113(81)10)101-76(119)21-24-93-83(121)66-45-60(49-109(66)6)97-87(125)78-91-26-28-107(78)4/h13,15-17,26,28,42-46,48-54H,11-12,14,18-25,27,29-41,47H2,1-10H3,(H,90,116)(H,92,120)(H,93,121)(H,94,124)(H,95,123)(H,96,118)(H,97,125)(H,98,126)(H,100,117)(H,101,119)(H,105,122)/t54-/m0/s1. The third-order valence-electron chi connectivity index (χ3n) is 21.4. The Kier molecular flexibility index (Phi) is 34.6. The molecule has 1 aliphatic heterocycles. The first kappa shape index (κ1) is 97.9. The van der Waals surface area contributed by atoms with Gasteiger partial charge in [-0.3, -0.25) is 57.6 Å². The van der Waals surface area contributed by atoms with Crippen molar-refractivity contribution in [1.29, 1.82) is 0 Å². The minimum Gasteiger partial charge on any atom is -0.490 e. The third kappa shape index (κ3) is 27.5. The number of morpholine rings is 1. The van der Waals surface area contributed by atoms with Gasteiger partial charge in [0.05, 0.1) is 105 Å². The van der Waals surface area contributed by atoms with Gasteiger partial charge in [0.25, 0.3) is 41.4 Å². The summed E-state index contributed by atoms with van der Waals surface area (Å²) in [7, 11) is 11.2. The molecule has 12 rings (SSSR count). The Hall–Kier alpha value is -14.2. The maximum atomic E-state index is 13.4. The Bertz CT molecular complexity index is 5960. The molecule has 0 saturated carbocycles. The van der Waals surface area contributed by atoms with Gasteiger partial charge < -0.3 is 128 Å². The molecule has 133 heavy (non-hydrogen) atoms. The van der Waals surface area contributed by atoms with Crippen LogP contribution in [0.4, 0.5) is 34.5 Å². The molecule has 0 radical (unpaired) electrons. The van der Waals surface area contributed by atoms with Gasteiger partial charge in [0.2, 0.25) is 41.1 Å². The lowest BCUT2D eigenvalue weighted by molar-refractivity contribution is -0.121. The van der Waals surface area contributed by atoms with Crippen molar-refractivity contribution in [3.63, 3.8) is 0 Å². The second-order valence-electron chi connectivity index (χ2n) is 31.6. The second-order valence-corrected chi connectivity index (χ2v) is 32.0. The van der Waals surface area contributed by atoms with Crippen LogP contribution in [0.5, 0.6) is 5.75 Å². The van der Waals surface area contributed by atoms with Crippen LogP contribution in [0.25, 0.3) is 22.2 Å². The minimum atomic E-state index is -0.640. The number of ether oxygens (including phenoxy) is 6. The van der Waals surface area contributed by atoms with Crippen molar-refractivity contribution < 1.29 is 85.7 Å². The molecule has 1 fully saturated rings. The molecular weight excluding hydrogens is 1740 g/mol. The van der Waals surface area contributed by atoms with Crippen LogP contribution in [0.3, 0.4) is 0 Å². The number of halogens is 1. The summed E-state index contributed by atoms with van der Waals surface area (Å²) < 4.78 is 52.2. The number of fused-ring (bicyclic) bond motifs is 1. The number of carbonyl (C=O) groups excluding carboxylic acids is 11. The average molecular weight is 1860 g/mol. The number of hydrogen-bond acceptors (Lipinski definition) is 25. The van der Waals surface area contributed by atoms with Crippen LogP contribution in [0.2, 0.25) is 5.02 Å². The number of aromatic nitrogens is 14. The van der Waals surface area contributed by atoms with Crippen molar-refractivity contribution in [2.24, 2.45) is 49.3 Å². The van der Waals surface area contributed by atoms with Crippen LogP contribution < -0.4 is 63.2 Å². The second kappa shape index (κ2) is 47.1. The van der Waals surface area contributed by atoms with E-state index in [1.807, 2.05) is 32.0 Å². The lowest BCUT2D eigenvalue weighted by atomic mass is 10.0. The fourth-order valence-electron chi connectivity index (χ4n) is 14.6. The van der Waals surface area contributed by atoms with Crippen LogP contribution in [0.15, 0.2) is 109 Å². The van der Waals surface area contributed by atoms with Crippen molar-refractivity contribution in [2.45, 2.75) is 78.3 Å². The highest BCUT2D eigenvalue weighted by Gasteiger charge is 2.27. The molecule has 10 heterocycles. The van der Waals surface area contributed by atoms with E-state index in [-0.39, 0.29) is 147 Å². The van der Waals surface area contributed by atoms with Gasteiger partial charge in [0.1, 0.15) is 41.0 Å². The quantitative estimate of drug-likeness (QED) is 0.0218. The molecule has 11 N–H and O–H groups in total. The smallest absolute Gasteiger partial charge is 0.291 e. The lowest BCUT2D eigenvalue weighted by Gasteiger charge is -2.32. The summed E-state index contributed by atoms with van der Waals surface area (Å²) in [5.41, 5.74) is 7.46. The maximum Gasteiger partial charge on any atom is 0.291 e. The monoisotopic (exact) mass is 1850 g/mol. The van der Waals surface area contributed by atoms with Gasteiger partial charge in [-0.25, -0.2) is 24.9 Å². The number of rotatable bonds is 49. The van der Waals surface area contributed by atoms with Gasteiger partial charge in [-0.15, -0.1) is 0 Å². The zero-order valence-electron chi connectivity index (χ0n) is 75.7. The van der Waals surface area contributed by atoms with E-state index < -0.39 is 59.1 Å². The predicted molar refractivity (Wildman–Crippen MR) is 488 cm³/mol. The molecule has 1 atom stereocenters. The van der Waals surface area contributed by atoms with Crippen molar-refractivity contribution in [3.05, 3.63) is 172 Å². The van der Waals surface area contributed by atoms with Gasteiger partial charge in [0, 0.05) is 195 Å². The van der Waals surface area contributed by atoms with E-state index in [1.54, 1.807) is 66.3 Å². The number of nitrogens with zero attached hydrogens (tertiary/aromatic N) is 15. The Morgan fingerprint density at radius 1 is 0.459 bits per heavy atom. The molecule has 0 spiro atoms.